The molecule has 0 bridgehead atoms. The quantitative estimate of drug-likeness (QED) is 0.575. The average Bonchev–Trinajstić information content (AvgIpc) is 2.64. The number of fused-ring (bicyclic) bond motifs is 1. The van der Waals surface area contributed by atoms with Crippen LogP contribution in [-0.2, 0) is 11.0 Å². The molecule has 1 atom stereocenters. The fourth-order valence-electron chi connectivity index (χ4n) is 3.25. The largest absolute Gasteiger partial charge is 0.451 e. The second-order valence-corrected chi connectivity index (χ2v) is 7.26. The highest BCUT2D eigenvalue weighted by molar-refractivity contribution is 8.00. The molecule has 140 valence electrons. The van der Waals surface area contributed by atoms with Crippen LogP contribution in [-0.4, -0.2) is 39.1 Å². The molecular weight excluding hydrogens is 363 g/mol. The number of nitrogens with zero attached hydrogens (tertiary/aromatic N) is 3. The molecule has 26 heavy (non-hydrogen) atoms. The lowest BCUT2D eigenvalue weighted by Crippen LogP contribution is -2.44. The van der Waals surface area contributed by atoms with Gasteiger partial charge in [-0.1, -0.05) is 36.9 Å². The molecule has 1 aliphatic rings. The SMILES string of the molecule is CC[C@@H]1CCCCN1C(=O)CSc1nc(C(F)(F)F)nc2ccccc12. The van der Waals surface area contributed by atoms with E-state index in [2.05, 4.69) is 16.9 Å². The van der Waals surface area contributed by atoms with Gasteiger partial charge in [-0.2, -0.15) is 13.2 Å². The van der Waals surface area contributed by atoms with Gasteiger partial charge in [0, 0.05) is 18.0 Å². The number of para-hydroxylation sites is 1. The zero-order chi connectivity index (χ0) is 18.7. The zero-order valence-corrected chi connectivity index (χ0v) is 15.2. The van der Waals surface area contributed by atoms with Gasteiger partial charge in [0.2, 0.25) is 11.7 Å². The molecular formula is C18H20F3N3OS. The van der Waals surface area contributed by atoms with Crippen molar-refractivity contribution in [3.05, 3.63) is 30.1 Å². The summed E-state index contributed by atoms with van der Waals surface area (Å²) in [5.41, 5.74) is 0.231. The van der Waals surface area contributed by atoms with Gasteiger partial charge < -0.3 is 4.90 Å². The lowest BCUT2D eigenvalue weighted by atomic mass is 10.0. The van der Waals surface area contributed by atoms with Gasteiger partial charge in [0.25, 0.3) is 0 Å². The van der Waals surface area contributed by atoms with E-state index < -0.39 is 12.0 Å². The van der Waals surface area contributed by atoms with Crippen molar-refractivity contribution in [3.63, 3.8) is 0 Å². The van der Waals surface area contributed by atoms with E-state index in [1.807, 2.05) is 4.90 Å². The van der Waals surface area contributed by atoms with Gasteiger partial charge in [-0.25, -0.2) is 9.97 Å². The molecule has 0 N–H and O–H groups in total. The van der Waals surface area contributed by atoms with Crippen molar-refractivity contribution in [2.24, 2.45) is 0 Å². The summed E-state index contributed by atoms with van der Waals surface area (Å²) in [5.74, 6) is -1.14. The van der Waals surface area contributed by atoms with Crippen LogP contribution in [0.3, 0.4) is 0 Å². The number of carbonyl (C=O) groups is 1. The maximum atomic E-state index is 13.1. The molecule has 0 radical (unpaired) electrons. The topological polar surface area (TPSA) is 46.1 Å². The number of rotatable bonds is 4. The minimum Gasteiger partial charge on any atom is -0.339 e. The molecule has 1 aromatic heterocycles. The van der Waals surface area contributed by atoms with E-state index in [-0.39, 0.29) is 28.2 Å². The smallest absolute Gasteiger partial charge is 0.339 e. The lowest BCUT2D eigenvalue weighted by Gasteiger charge is -2.35. The number of halogens is 3. The van der Waals surface area contributed by atoms with E-state index in [9.17, 15) is 18.0 Å². The molecule has 2 heterocycles. The summed E-state index contributed by atoms with van der Waals surface area (Å²) in [6, 6.07) is 6.79. The summed E-state index contributed by atoms with van der Waals surface area (Å²) in [5, 5.41) is 0.727. The number of hydrogen-bond acceptors (Lipinski definition) is 4. The molecule has 0 unspecified atom stereocenters. The third-order valence-electron chi connectivity index (χ3n) is 4.57. The molecule has 0 aliphatic carbocycles. The number of likely N-dealkylation sites (tertiary alicyclic amines) is 1. The van der Waals surface area contributed by atoms with Crippen LogP contribution >= 0.6 is 11.8 Å². The Morgan fingerprint density at radius 1 is 1.27 bits per heavy atom. The highest BCUT2D eigenvalue weighted by Crippen LogP contribution is 2.32. The van der Waals surface area contributed by atoms with Crippen LogP contribution in [0.2, 0.25) is 0 Å². The molecule has 1 aromatic carbocycles. The minimum atomic E-state index is -4.62. The van der Waals surface area contributed by atoms with Gasteiger partial charge in [0.05, 0.1) is 11.3 Å². The number of piperidine rings is 1. The zero-order valence-electron chi connectivity index (χ0n) is 14.4. The Morgan fingerprint density at radius 2 is 2.04 bits per heavy atom. The second-order valence-electron chi connectivity index (χ2n) is 6.30. The van der Waals surface area contributed by atoms with Gasteiger partial charge in [-0.3, -0.25) is 4.79 Å². The maximum absolute atomic E-state index is 13.1. The van der Waals surface area contributed by atoms with E-state index in [1.165, 1.54) is 6.07 Å². The van der Waals surface area contributed by atoms with Gasteiger partial charge >= 0.3 is 6.18 Å². The first-order valence-corrected chi connectivity index (χ1v) is 9.65. The molecule has 4 nitrogen and oxygen atoms in total. The number of aromatic nitrogens is 2. The van der Waals surface area contributed by atoms with Crippen LogP contribution in [0.25, 0.3) is 10.9 Å². The third kappa shape index (κ3) is 4.11. The fraction of sp³-hybridized carbons (Fsp3) is 0.500. The molecule has 1 amide bonds. The Bertz CT molecular complexity index is 797. The van der Waals surface area contributed by atoms with Crippen molar-refractivity contribution in [1.29, 1.82) is 0 Å². The summed E-state index contributed by atoms with van der Waals surface area (Å²) in [4.78, 5) is 21.8. The van der Waals surface area contributed by atoms with Gasteiger partial charge in [0.1, 0.15) is 5.03 Å². The summed E-state index contributed by atoms with van der Waals surface area (Å²) < 4.78 is 39.2. The first kappa shape index (κ1) is 18.9. The summed E-state index contributed by atoms with van der Waals surface area (Å²) in [6.45, 7) is 2.77. The molecule has 1 saturated heterocycles. The van der Waals surface area contributed by atoms with E-state index in [0.29, 0.717) is 5.39 Å². The van der Waals surface area contributed by atoms with E-state index in [1.54, 1.807) is 18.2 Å². The Balaban J connectivity index is 1.82. The Kier molecular flexibility index (Phi) is 5.70. The number of thioether (sulfide) groups is 1. The standard InChI is InChI=1S/C18H20F3N3OS/c1-2-12-7-5-6-10-24(12)15(25)11-26-16-13-8-3-4-9-14(13)22-17(23-16)18(19,20)21/h3-4,8-9,12H,2,5-7,10-11H2,1H3/t12-/m1/s1. The maximum Gasteiger partial charge on any atom is 0.451 e. The van der Waals surface area contributed by atoms with E-state index in [4.69, 9.17) is 0 Å². The molecule has 8 heteroatoms. The average molecular weight is 383 g/mol. The van der Waals surface area contributed by atoms with Crippen LogP contribution in [0.1, 0.15) is 38.4 Å². The predicted molar refractivity (Wildman–Crippen MR) is 94.9 cm³/mol. The second kappa shape index (κ2) is 7.82. The molecule has 0 spiro atoms. The fourth-order valence-corrected chi connectivity index (χ4v) is 4.16. The summed E-state index contributed by atoms with van der Waals surface area (Å²) >= 11 is 1.05. The Labute approximate surface area is 154 Å². The summed E-state index contributed by atoms with van der Waals surface area (Å²) in [6.07, 6.45) is -0.654. The van der Waals surface area contributed by atoms with Crippen molar-refractivity contribution in [3.8, 4) is 0 Å². The van der Waals surface area contributed by atoms with Gasteiger partial charge in [-0.15, -0.1) is 0 Å². The minimum absolute atomic E-state index is 0.0437. The monoisotopic (exact) mass is 383 g/mol. The number of amides is 1. The van der Waals surface area contributed by atoms with Crippen molar-refractivity contribution in [2.75, 3.05) is 12.3 Å². The Hall–Kier alpha value is -1.83. The highest BCUT2D eigenvalue weighted by atomic mass is 32.2. The number of carbonyl (C=O) groups excluding carboxylic acids is 1. The van der Waals surface area contributed by atoms with Crippen LogP contribution in [0, 0.1) is 0 Å². The number of alkyl halides is 3. The highest BCUT2D eigenvalue weighted by Gasteiger charge is 2.35. The normalized spacial score (nSPS) is 18.3. The van der Waals surface area contributed by atoms with Gasteiger partial charge in [0.15, 0.2) is 0 Å². The molecule has 1 aliphatic heterocycles. The van der Waals surface area contributed by atoms with Gasteiger partial charge in [-0.05, 0) is 31.7 Å². The first-order chi connectivity index (χ1) is 12.4. The number of hydrogen-bond donors (Lipinski definition) is 0. The van der Waals surface area contributed by atoms with Crippen molar-refractivity contribution in [2.45, 2.75) is 49.9 Å². The van der Waals surface area contributed by atoms with E-state index >= 15 is 0 Å². The first-order valence-electron chi connectivity index (χ1n) is 8.66. The molecule has 1 fully saturated rings. The third-order valence-corrected chi connectivity index (χ3v) is 5.55. The van der Waals surface area contributed by atoms with Crippen molar-refractivity contribution >= 4 is 28.6 Å². The molecule has 3 rings (SSSR count). The van der Waals surface area contributed by atoms with Crippen LogP contribution in [0.4, 0.5) is 13.2 Å². The lowest BCUT2D eigenvalue weighted by molar-refractivity contribution is -0.145. The van der Waals surface area contributed by atoms with Crippen LogP contribution in [0.5, 0.6) is 0 Å². The van der Waals surface area contributed by atoms with Crippen LogP contribution < -0.4 is 0 Å². The Morgan fingerprint density at radius 3 is 2.77 bits per heavy atom. The predicted octanol–water partition coefficient (Wildman–Crippen LogP) is 4.53. The number of benzene rings is 1. The summed E-state index contributed by atoms with van der Waals surface area (Å²) in [7, 11) is 0. The van der Waals surface area contributed by atoms with Crippen molar-refractivity contribution in [1.82, 2.24) is 14.9 Å². The van der Waals surface area contributed by atoms with E-state index in [0.717, 1.165) is 44.0 Å². The molecule has 0 saturated carbocycles. The molecule has 2 aromatic rings. The van der Waals surface area contributed by atoms with Crippen LogP contribution in [0.15, 0.2) is 29.3 Å². The van der Waals surface area contributed by atoms with Crippen molar-refractivity contribution < 1.29 is 18.0 Å².